The Morgan fingerprint density at radius 3 is 2.34 bits per heavy atom. The van der Waals surface area contributed by atoms with Gasteiger partial charge in [0.1, 0.15) is 41.4 Å². The number of carbonyl (C=O) groups excluding carboxylic acids is 2. The number of unbranched alkanes of at least 4 members (excludes halogenated alkanes) is 2. The monoisotopic (exact) mass is 934 g/mol. The van der Waals surface area contributed by atoms with E-state index in [9.17, 15) is 29.9 Å². The summed E-state index contributed by atoms with van der Waals surface area (Å²) >= 11 is 0. The number of ether oxygens (including phenoxy) is 6. The number of hydrogen-bond acceptors (Lipinski definition) is 14. The number of anilines is 1. The molecule has 2 aliphatic carbocycles. The van der Waals surface area contributed by atoms with E-state index in [0.29, 0.717) is 54.3 Å². The van der Waals surface area contributed by atoms with E-state index < -0.39 is 40.8 Å². The molecule has 7 rings (SSSR count). The van der Waals surface area contributed by atoms with Gasteiger partial charge in [-0.05, 0) is 91.1 Å². The Morgan fingerprint density at radius 1 is 0.926 bits per heavy atom. The van der Waals surface area contributed by atoms with Crippen LogP contribution in [0.15, 0.2) is 120 Å². The second kappa shape index (κ2) is 22.7. The van der Waals surface area contributed by atoms with Crippen LogP contribution in [0.1, 0.15) is 62.0 Å². The van der Waals surface area contributed by atoms with Crippen LogP contribution in [-0.2, 0) is 16.2 Å². The van der Waals surface area contributed by atoms with E-state index in [1.165, 1.54) is 43.4 Å². The molecule has 17 heteroatoms. The van der Waals surface area contributed by atoms with Gasteiger partial charge in [-0.1, -0.05) is 60.5 Å². The molecule has 3 aliphatic rings. The quantitative estimate of drug-likeness (QED) is 0.0308. The molecule has 4 aromatic rings. The number of nitrogens with one attached hydrogen (secondary N) is 1. The van der Waals surface area contributed by atoms with Gasteiger partial charge >= 0.3 is 12.2 Å². The molecule has 68 heavy (non-hydrogen) atoms. The van der Waals surface area contributed by atoms with Gasteiger partial charge in [-0.3, -0.25) is 15.4 Å². The topological polar surface area (TPSA) is 210 Å². The molecule has 0 bridgehead atoms. The average Bonchev–Trinajstić information content (AvgIpc) is 3.35. The minimum Gasteiger partial charge on any atom is -0.497 e. The van der Waals surface area contributed by atoms with Gasteiger partial charge in [0, 0.05) is 56.4 Å². The molecule has 360 valence electrons. The van der Waals surface area contributed by atoms with Gasteiger partial charge in [0.15, 0.2) is 0 Å². The minimum atomic E-state index is -1.60. The smallest absolute Gasteiger partial charge is 0.417 e. The Hall–Kier alpha value is -6.95. The number of amides is 2. The highest BCUT2D eigenvalue weighted by Crippen LogP contribution is 2.62. The summed E-state index contributed by atoms with van der Waals surface area (Å²) in [6.45, 7) is 4.20. The number of non-ortho nitro benzene ring substituents is 1. The summed E-state index contributed by atoms with van der Waals surface area (Å²) in [5.41, 5.74) is 3.19. The molecule has 2 amide bonds. The van der Waals surface area contributed by atoms with E-state index in [1.54, 1.807) is 49.5 Å². The second-order valence-electron chi connectivity index (χ2n) is 16.8. The Labute approximate surface area is 395 Å². The second-order valence-corrected chi connectivity index (χ2v) is 16.8. The summed E-state index contributed by atoms with van der Waals surface area (Å²) in [6, 6.07) is 24.0. The van der Waals surface area contributed by atoms with Crippen LogP contribution in [0, 0.1) is 27.9 Å². The van der Waals surface area contributed by atoms with Crippen molar-refractivity contribution in [1.29, 1.82) is 0 Å². The highest BCUT2D eigenvalue weighted by Gasteiger charge is 2.65. The highest BCUT2D eigenvalue weighted by atomic mass is 16.7. The van der Waals surface area contributed by atoms with Crippen molar-refractivity contribution in [2.75, 3.05) is 46.4 Å². The van der Waals surface area contributed by atoms with Crippen molar-refractivity contribution < 1.29 is 58.0 Å². The maximum atomic E-state index is 14.3. The summed E-state index contributed by atoms with van der Waals surface area (Å²) in [4.78, 5) is 46.3. The van der Waals surface area contributed by atoms with E-state index in [4.69, 9.17) is 38.4 Å². The van der Waals surface area contributed by atoms with Crippen molar-refractivity contribution in [3.05, 3.63) is 137 Å². The van der Waals surface area contributed by atoms with Crippen molar-refractivity contribution in [2.45, 2.75) is 69.3 Å². The molecule has 6 atom stereocenters. The van der Waals surface area contributed by atoms with Crippen LogP contribution in [0.2, 0.25) is 0 Å². The van der Waals surface area contributed by atoms with Crippen LogP contribution in [0.25, 0.3) is 0 Å². The van der Waals surface area contributed by atoms with Gasteiger partial charge < -0.3 is 48.4 Å². The van der Waals surface area contributed by atoms with Crippen molar-refractivity contribution in [1.82, 2.24) is 4.90 Å². The first-order valence-electron chi connectivity index (χ1n) is 22.7. The number of likely N-dealkylation sites (N-methyl/N-ethyl adjacent to an activating group) is 1. The fourth-order valence-corrected chi connectivity index (χ4v) is 9.63. The van der Waals surface area contributed by atoms with Crippen LogP contribution in [0.3, 0.4) is 0 Å². The van der Waals surface area contributed by atoms with Crippen molar-refractivity contribution in [3.8, 4) is 28.7 Å². The summed E-state index contributed by atoms with van der Waals surface area (Å²) in [7, 11) is 4.59. The van der Waals surface area contributed by atoms with Gasteiger partial charge in [0.05, 0.1) is 43.1 Å². The first kappa shape index (κ1) is 49.0. The third-order valence-electron chi connectivity index (χ3n) is 12.8. The molecule has 0 saturated heterocycles. The van der Waals surface area contributed by atoms with Crippen molar-refractivity contribution in [3.63, 3.8) is 0 Å². The molecule has 1 heterocycles. The fourth-order valence-electron chi connectivity index (χ4n) is 9.63. The first-order valence-corrected chi connectivity index (χ1v) is 22.7. The number of aliphatic hydroxyl groups excluding tert-OH is 2. The van der Waals surface area contributed by atoms with Crippen LogP contribution in [0.4, 0.5) is 21.0 Å². The number of oxime groups is 1. The molecular formula is C51H58N4O13. The summed E-state index contributed by atoms with van der Waals surface area (Å²) < 4.78 is 36.7. The number of rotatable bonds is 21. The molecule has 0 aromatic heterocycles. The molecule has 1 saturated carbocycles. The van der Waals surface area contributed by atoms with E-state index in [1.807, 2.05) is 30.3 Å². The van der Waals surface area contributed by atoms with Crippen LogP contribution < -0.4 is 29.0 Å². The number of carbonyl (C=O) groups is 2. The Bertz CT molecular complexity index is 2460. The van der Waals surface area contributed by atoms with Gasteiger partial charge in [-0.25, -0.2) is 9.59 Å². The van der Waals surface area contributed by atoms with Gasteiger partial charge in [-0.15, -0.1) is 6.58 Å². The Kier molecular flexibility index (Phi) is 16.3. The molecule has 1 aliphatic heterocycles. The largest absolute Gasteiger partial charge is 0.497 e. The summed E-state index contributed by atoms with van der Waals surface area (Å²) in [5, 5.41) is 38.9. The van der Waals surface area contributed by atoms with Crippen molar-refractivity contribution >= 4 is 29.3 Å². The minimum absolute atomic E-state index is 0.00848. The number of hydrogen-bond donors (Lipinski definition) is 3. The number of nitro benzene ring substituents is 1. The predicted octanol–water partition coefficient (Wildman–Crippen LogP) is 9.19. The fraction of sp³-hybridized carbons (Fsp3) is 0.392. The lowest BCUT2D eigenvalue weighted by molar-refractivity contribution is -0.384. The number of fused-ring (bicyclic) bond motifs is 2. The zero-order valence-corrected chi connectivity index (χ0v) is 38.4. The van der Waals surface area contributed by atoms with Gasteiger partial charge in [-0.2, -0.15) is 0 Å². The van der Waals surface area contributed by atoms with E-state index in [2.05, 4.69) is 18.0 Å². The molecular weight excluding hydrogens is 877 g/mol. The number of aliphatic hydroxyl groups is 2. The predicted molar refractivity (Wildman–Crippen MR) is 252 cm³/mol. The standard InChI is InChI=1S/C51H58N4O13/c1-5-27-64-51-46(54(2)50(59)67-36-19-17-35(18-20-36)55(60)61)31-43(53-65-32-33-13-7-6-8-14-33)40-28-34(15-9-11-25-56)39(16-10-12-26-57)47(48(40)51)41-29-38(22-24-44(41)68-51)66-49(58)52-42-23-21-37(62-3)30-45(42)63-4/h5-8,13-14,17-24,28-30,34,39,46-48,56-57H,1,9-12,15-16,25-27,31-32H2,2-4H3,(H,52,58). The third kappa shape index (κ3) is 10.9. The Morgan fingerprint density at radius 2 is 1.65 bits per heavy atom. The van der Waals surface area contributed by atoms with Crippen LogP contribution in [0.5, 0.6) is 28.7 Å². The molecule has 1 fully saturated rings. The maximum absolute atomic E-state index is 14.3. The van der Waals surface area contributed by atoms with Crippen molar-refractivity contribution in [2.24, 2.45) is 22.9 Å². The summed E-state index contributed by atoms with van der Waals surface area (Å²) in [5.74, 6) is -1.19. The zero-order chi connectivity index (χ0) is 48.2. The zero-order valence-electron chi connectivity index (χ0n) is 38.4. The molecule has 3 N–H and O–H groups in total. The lowest BCUT2D eigenvalue weighted by Gasteiger charge is -2.59. The van der Waals surface area contributed by atoms with E-state index in [-0.39, 0.29) is 61.9 Å². The molecule has 17 nitrogen and oxygen atoms in total. The highest BCUT2D eigenvalue weighted by molar-refractivity contribution is 6.03. The Balaban J connectivity index is 1.36. The van der Waals surface area contributed by atoms with Gasteiger partial charge in [0.2, 0.25) is 5.79 Å². The molecule has 0 spiro atoms. The molecule has 4 aromatic carbocycles. The number of allylic oxidation sites excluding steroid dienone is 1. The molecule has 0 radical (unpaired) electrons. The van der Waals surface area contributed by atoms with Crippen LogP contribution >= 0.6 is 0 Å². The lowest BCUT2D eigenvalue weighted by Crippen LogP contribution is -2.69. The average molecular weight is 935 g/mol. The summed E-state index contributed by atoms with van der Waals surface area (Å²) in [6.07, 6.45) is 6.35. The first-order chi connectivity index (χ1) is 33.0. The number of benzene rings is 4. The van der Waals surface area contributed by atoms with E-state index in [0.717, 1.165) is 29.5 Å². The number of methoxy groups -OCH3 is 2. The normalized spacial score (nSPS) is 21.8. The number of nitrogens with zero attached hydrogens (tertiary/aromatic N) is 3. The van der Waals surface area contributed by atoms with E-state index >= 15 is 0 Å². The third-order valence-corrected chi connectivity index (χ3v) is 12.8. The lowest BCUT2D eigenvalue weighted by atomic mass is 9.55. The number of nitro groups is 1. The maximum Gasteiger partial charge on any atom is 0.417 e. The van der Waals surface area contributed by atoms with Gasteiger partial charge in [0.25, 0.3) is 5.69 Å². The van der Waals surface area contributed by atoms with Crippen LogP contribution in [-0.4, -0.2) is 90.9 Å². The SMILES string of the molecule is C=CCOC12Oc3ccc(OC(=O)Nc4ccc(OC)cc4OC)cc3C3C(CCCCO)C(CCCCO)C=C(C(=NOCc4ccccc4)CC1N(C)C(=O)Oc1ccc([N+](=O)[O-])cc1)C32. The molecule has 6 unspecified atom stereocenters.